The zero-order valence-electron chi connectivity index (χ0n) is 13.0. The van der Waals surface area contributed by atoms with Crippen molar-refractivity contribution in [2.24, 2.45) is 0 Å². The van der Waals surface area contributed by atoms with Crippen molar-refractivity contribution < 1.29 is 4.74 Å². The molecule has 1 heterocycles. The largest absolute Gasteiger partial charge is 0.497 e. The average Bonchev–Trinajstić information content (AvgIpc) is 2.52. The molecule has 0 unspecified atom stereocenters. The highest BCUT2D eigenvalue weighted by atomic mass is 16.5. The summed E-state index contributed by atoms with van der Waals surface area (Å²) in [5, 5.41) is 0. The lowest BCUT2D eigenvalue weighted by molar-refractivity contribution is 0.411. The first-order chi connectivity index (χ1) is 10.2. The van der Waals surface area contributed by atoms with Crippen LogP contribution in [0.3, 0.4) is 0 Å². The average molecular weight is 284 g/mol. The highest BCUT2D eigenvalue weighted by molar-refractivity contribution is 5.39. The van der Waals surface area contributed by atoms with Crippen LogP contribution in [-0.2, 0) is 6.54 Å². The van der Waals surface area contributed by atoms with Crippen molar-refractivity contribution >= 4 is 5.82 Å². The number of hydrogen-bond acceptors (Lipinski definition) is 4. The van der Waals surface area contributed by atoms with E-state index < -0.39 is 0 Å². The van der Waals surface area contributed by atoms with Crippen LogP contribution in [0.4, 0.5) is 5.82 Å². The Labute approximate surface area is 127 Å². The third-order valence-corrected chi connectivity index (χ3v) is 3.32. The van der Waals surface area contributed by atoms with Gasteiger partial charge in [-0.2, -0.15) is 0 Å². The lowest BCUT2D eigenvalue weighted by atomic mass is 10.2. The van der Waals surface area contributed by atoms with Gasteiger partial charge in [0.2, 0.25) is 0 Å². The van der Waals surface area contributed by atoms with Gasteiger partial charge in [0, 0.05) is 25.8 Å². The SMILES string of the molecule is COc1ccc(CN(CCN(C)[11CH3])c2ccccn2)cc1. The van der Waals surface area contributed by atoms with E-state index in [4.69, 9.17) is 4.74 Å². The number of benzene rings is 1. The van der Waals surface area contributed by atoms with Gasteiger partial charge in [-0.15, -0.1) is 0 Å². The van der Waals surface area contributed by atoms with E-state index in [9.17, 15) is 0 Å². The fourth-order valence-electron chi connectivity index (χ4n) is 2.09. The van der Waals surface area contributed by atoms with E-state index in [-0.39, 0.29) is 0 Å². The quantitative estimate of drug-likeness (QED) is 0.781. The number of aromatic nitrogens is 1. The molecule has 0 radical (unpaired) electrons. The third-order valence-electron chi connectivity index (χ3n) is 3.32. The molecule has 0 atom stereocenters. The second-order valence-corrected chi connectivity index (χ2v) is 5.26. The molecule has 0 bridgehead atoms. The van der Waals surface area contributed by atoms with Gasteiger partial charge in [0.1, 0.15) is 11.6 Å². The molecule has 0 saturated carbocycles. The summed E-state index contributed by atoms with van der Waals surface area (Å²) in [7, 11) is 5.86. The predicted molar refractivity (Wildman–Crippen MR) is 86.8 cm³/mol. The Kier molecular flexibility index (Phi) is 5.58. The van der Waals surface area contributed by atoms with Crippen LogP contribution in [-0.4, -0.2) is 44.2 Å². The second kappa shape index (κ2) is 7.64. The molecule has 0 saturated heterocycles. The summed E-state index contributed by atoms with van der Waals surface area (Å²) in [6, 6.07) is 14.2. The van der Waals surface area contributed by atoms with Gasteiger partial charge in [0.15, 0.2) is 0 Å². The number of methoxy groups -OCH3 is 1. The maximum Gasteiger partial charge on any atom is 0.128 e. The highest BCUT2D eigenvalue weighted by Gasteiger charge is 2.09. The molecular weight excluding hydrogens is 261 g/mol. The smallest absolute Gasteiger partial charge is 0.128 e. The van der Waals surface area contributed by atoms with Crippen molar-refractivity contribution in [3.8, 4) is 5.75 Å². The van der Waals surface area contributed by atoms with E-state index >= 15 is 0 Å². The van der Waals surface area contributed by atoms with Crippen LogP contribution in [0.1, 0.15) is 5.56 Å². The molecule has 4 nitrogen and oxygen atoms in total. The van der Waals surface area contributed by atoms with Crippen LogP contribution in [0, 0.1) is 0 Å². The van der Waals surface area contributed by atoms with E-state index in [1.807, 2.05) is 30.5 Å². The molecule has 2 aromatic rings. The van der Waals surface area contributed by atoms with Crippen LogP contribution in [0.5, 0.6) is 5.75 Å². The Morgan fingerprint density at radius 2 is 1.76 bits per heavy atom. The van der Waals surface area contributed by atoms with Crippen LogP contribution in [0.15, 0.2) is 48.7 Å². The standard InChI is InChI=1S/C17H23N3O/c1-19(2)12-13-20(17-6-4-5-11-18-17)14-15-7-9-16(21-3)10-8-15/h4-11H,12-14H2,1-3H3/i1-1. The highest BCUT2D eigenvalue weighted by Crippen LogP contribution is 2.16. The van der Waals surface area contributed by atoms with Gasteiger partial charge in [0.25, 0.3) is 0 Å². The van der Waals surface area contributed by atoms with Crippen molar-refractivity contribution in [3.63, 3.8) is 0 Å². The molecule has 1 aromatic carbocycles. The minimum Gasteiger partial charge on any atom is -0.497 e. The predicted octanol–water partition coefficient (Wildman–Crippen LogP) is 2.66. The third kappa shape index (κ3) is 4.76. The fraction of sp³-hybridized carbons (Fsp3) is 0.353. The Morgan fingerprint density at radius 1 is 1.00 bits per heavy atom. The van der Waals surface area contributed by atoms with Crippen molar-refractivity contribution in [2.75, 3.05) is 39.2 Å². The molecule has 2 rings (SSSR count). The van der Waals surface area contributed by atoms with Gasteiger partial charge in [-0.05, 0) is 43.9 Å². The lowest BCUT2D eigenvalue weighted by Crippen LogP contribution is -2.31. The molecule has 1 aromatic heterocycles. The Balaban J connectivity index is 2.10. The molecule has 112 valence electrons. The summed E-state index contributed by atoms with van der Waals surface area (Å²) in [4.78, 5) is 8.95. The van der Waals surface area contributed by atoms with Crippen LogP contribution < -0.4 is 9.64 Å². The Bertz CT molecular complexity index is 525. The molecule has 0 N–H and O–H groups in total. The number of nitrogens with zero attached hydrogens (tertiary/aromatic N) is 3. The van der Waals surface area contributed by atoms with Gasteiger partial charge in [-0.25, -0.2) is 4.98 Å². The van der Waals surface area contributed by atoms with Gasteiger partial charge >= 0.3 is 0 Å². The molecule has 0 aliphatic carbocycles. The summed E-state index contributed by atoms with van der Waals surface area (Å²) in [6.07, 6.45) is 1.84. The molecule has 0 amide bonds. The number of rotatable bonds is 7. The summed E-state index contributed by atoms with van der Waals surface area (Å²) in [5.41, 5.74) is 1.25. The van der Waals surface area contributed by atoms with Gasteiger partial charge < -0.3 is 14.5 Å². The number of anilines is 1. The molecule has 4 heteroatoms. The number of hydrogen-bond donors (Lipinski definition) is 0. The molecular formula is C17H23N3O. The van der Waals surface area contributed by atoms with E-state index in [1.165, 1.54) is 5.56 Å². The van der Waals surface area contributed by atoms with E-state index in [2.05, 4.69) is 47.1 Å². The summed E-state index contributed by atoms with van der Waals surface area (Å²) < 4.78 is 5.21. The maximum absolute atomic E-state index is 5.21. The molecule has 21 heavy (non-hydrogen) atoms. The van der Waals surface area contributed by atoms with E-state index in [0.717, 1.165) is 31.2 Å². The van der Waals surface area contributed by atoms with Crippen molar-refractivity contribution in [1.29, 1.82) is 0 Å². The van der Waals surface area contributed by atoms with Crippen molar-refractivity contribution in [1.82, 2.24) is 9.88 Å². The molecule has 0 aliphatic heterocycles. The van der Waals surface area contributed by atoms with Crippen molar-refractivity contribution in [2.45, 2.75) is 6.54 Å². The minimum absolute atomic E-state index is 0.842. The van der Waals surface area contributed by atoms with E-state index in [0.29, 0.717) is 0 Å². The van der Waals surface area contributed by atoms with Gasteiger partial charge in [-0.1, -0.05) is 18.2 Å². The maximum atomic E-state index is 5.21. The first kappa shape index (κ1) is 15.3. The van der Waals surface area contributed by atoms with Gasteiger partial charge in [0.05, 0.1) is 7.11 Å². The molecule has 0 spiro atoms. The summed E-state index contributed by atoms with van der Waals surface area (Å²) in [5.74, 6) is 1.89. The number of likely N-dealkylation sites (N-methyl/N-ethyl adjacent to an activating group) is 1. The zero-order valence-corrected chi connectivity index (χ0v) is 13.0. The topological polar surface area (TPSA) is 28.6 Å². The monoisotopic (exact) mass is 284 g/mol. The van der Waals surface area contributed by atoms with Crippen LogP contribution >= 0.6 is 0 Å². The Morgan fingerprint density at radius 3 is 2.33 bits per heavy atom. The van der Waals surface area contributed by atoms with Crippen LogP contribution in [0.25, 0.3) is 0 Å². The first-order valence-corrected chi connectivity index (χ1v) is 7.12. The lowest BCUT2D eigenvalue weighted by Gasteiger charge is -2.25. The zero-order chi connectivity index (χ0) is 15.1. The van der Waals surface area contributed by atoms with Crippen molar-refractivity contribution in [3.05, 3.63) is 54.2 Å². The summed E-state index contributed by atoms with van der Waals surface area (Å²) >= 11 is 0. The first-order valence-electron chi connectivity index (χ1n) is 7.12. The normalized spacial score (nSPS) is 10.7. The number of pyridine rings is 1. The fourth-order valence-corrected chi connectivity index (χ4v) is 2.09. The number of ether oxygens (including phenoxy) is 1. The Hall–Kier alpha value is -2.07. The summed E-state index contributed by atoms with van der Waals surface area (Å²) in [6.45, 7) is 2.78. The van der Waals surface area contributed by atoms with Gasteiger partial charge in [-0.3, -0.25) is 0 Å². The minimum atomic E-state index is 0.842. The molecule has 0 fully saturated rings. The molecule has 0 aliphatic rings. The second-order valence-electron chi connectivity index (χ2n) is 5.26. The van der Waals surface area contributed by atoms with Crippen LogP contribution in [0.2, 0.25) is 0 Å². The van der Waals surface area contributed by atoms with E-state index in [1.54, 1.807) is 7.11 Å².